The molecule has 0 heterocycles. The van der Waals surface area contributed by atoms with Gasteiger partial charge in [-0.3, -0.25) is 0 Å². The summed E-state index contributed by atoms with van der Waals surface area (Å²) >= 11 is 0. The molecule has 2 rings (SSSR count). The van der Waals surface area contributed by atoms with E-state index >= 15 is 0 Å². The normalized spacial score (nSPS) is 11.8. The maximum Gasteiger partial charge on any atom is 0.134 e. The Kier molecular flexibility index (Phi) is 4.30. The van der Waals surface area contributed by atoms with Crippen molar-refractivity contribution in [1.82, 2.24) is 0 Å². The van der Waals surface area contributed by atoms with Crippen LogP contribution in [0.25, 0.3) is 0 Å². The summed E-state index contributed by atoms with van der Waals surface area (Å²) in [7, 11) is 0. The molecule has 1 N–H and O–H groups in total. The zero-order valence-electron chi connectivity index (χ0n) is 12.8. The van der Waals surface area contributed by atoms with Gasteiger partial charge in [0.05, 0.1) is 17.7 Å². The van der Waals surface area contributed by atoms with Crippen LogP contribution in [0.2, 0.25) is 0 Å². The molecule has 0 bridgehead atoms. The SMILES string of the molecule is Cc1ccc(C)c(Oc2cc(C#N)ccc2[C@H](C)O)c1C. The van der Waals surface area contributed by atoms with Gasteiger partial charge in [0.25, 0.3) is 0 Å². The van der Waals surface area contributed by atoms with Gasteiger partial charge in [0.15, 0.2) is 0 Å². The summed E-state index contributed by atoms with van der Waals surface area (Å²) in [5.41, 5.74) is 4.42. The summed E-state index contributed by atoms with van der Waals surface area (Å²) in [5.74, 6) is 1.31. The largest absolute Gasteiger partial charge is 0.456 e. The molecule has 0 aliphatic heterocycles. The quantitative estimate of drug-likeness (QED) is 0.911. The van der Waals surface area contributed by atoms with Gasteiger partial charge in [0.1, 0.15) is 11.5 Å². The van der Waals surface area contributed by atoms with E-state index in [-0.39, 0.29) is 0 Å². The molecule has 0 aliphatic rings. The lowest BCUT2D eigenvalue weighted by Crippen LogP contribution is -1.99. The third-order valence-electron chi connectivity index (χ3n) is 3.68. The van der Waals surface area contributed by atoms with Crippen LogP contribution >= 0.6 is 0 Å². The van der Waals surface area contributed by atoms with Crippen LogP contribution in [-0.2, 0) is 0 Å². The molecule has 0 radical (unpaired) electrons. The molecule has 0 spiro atoms. The molecule has 3 nitrogen and oxygen atoms in total. The van der Waals surface area contributed by atoms with E-state index in [0.29, 0.717) is 16.9 Å². The Morgan fingerprint density at radius 3 is 2.38 bits per heavy atom. The third kappa shape index (κ3) is 3.07. The van der Waals surface area contributed by atoms with E-state index in [2.05, 4.69) is 12.1 Å². The highest BCUT2D eigenvalue weighted by Gasteiger charge is 2.14. The summed E-state index contributed by atoms with van der Waals surface area (Å²) < 4.78 is 6.04. The number of nitriles is 1. The molecule has 108 valence electrons. The van der Waals surface area contributed by atoms with Gasteiger partial charge in [-0.05, 0) is 56.5 Å². The standard InChI is InChI=1S/C18H19NO2/c1-11-5-6-12(2)18(13(11)3)21-17-9-15(10-19)7-8-16(17)14(4)20/h5-9,14,20H,1-4H3/t14-/m0/s1. The molecule has 0 fully saturated rings. The summed E-state index contributed by atoms with van der Waals surface area (Å²) in [6.07, 6.45) is -0.654. The highest BCUT2D eigenvalue weighted by atomic mass is 16.5. The first-order chi connectivity index (χ1) is 9.93. The predicted octanol–water partition coefficient (Wildman–Crippen LogP) is 4.33. The number of ether oxygens (including phenoxy) is 1. The van der Waals surface area contributed by atoms with Crippen molar-refractivity contribution in [2.75, 3.05) is 0 Å². The van der Waals surface area contributed by atoms with Gasteiger partial charge in [-0.1, -0.05) is 18.2 Å². The summed E-state index contributed by atoms with van der Waals surface area (Å²) in [6, 6.07) is 11.3. The van der Waals surface area contributed by atoms with Crippen LogP contribution in [0.5, 0.6) is 11.5 Å². The van der Waals surface area contributed by atoms with Crippen molar-refractivity contribution >= 4 is 0 Å². The van der Waals surface area contributed by atoms with Crippen LogP contribution < -0.4 is 4.74 Å². The highest BCUT2D eigenvalue weighted by Crippen LogP contribution is 2.35. The minimum atomic E-state index is -0.654. The molecule has 21 heavy (non-hydrogen) atoms. The first kappa shape index (κ1) is 15.1. The van der Waals surface area contributed by atoms with E-state index in [0.717, 1.165) is 22.4 Å². The van der Waals surface area contributed by atoms with Crippen molar-refractivity contribution < 1.29 is 9.84 Å². The van der Waals surface area contributed by atoms with Crippen LogP contribution in [0.15, 0.2) is 30.3 Å². The molecule has 2 aromatic carbocycles. The number of aliphatic hydroxyl groups is 1. The maximum absolute atomic E-state index is 9.88. The molecule has 0 aliphatic carbocycles. The summed E-state index contributed by atoms with van der Waals surface area (Å²) in [6.45, 7) is 7.71. The Balaban J connectivity index is 2.53. The van der Waals surface area contributed by atoms with Gasteiger partial charge in [0.2, 0.25) is 0 Å². The second-order valence-electron chi connectivity index (χ2n) is 5.30. The monoisotopic (exact) mass is 281 g/mol. The van der Waals surface area contributed by atoms with Crippen LogP contribution in [-0.4, -0.2) is 5.11 Å². The molecule has 2 aromatic rings. The molecular weight excluding hydrogens is 262 g/mol. The molecule has 0 unspecified atom stereocenters. The molecule has 1 atom stereocenters. The van der Waals surface area contributed by atoms with Crippen LogP contribution in [0, 0.1) is 32.1 Å². The average molecular weight is 281 g/mol. The number of nitrogens with zero attached hydrogens (tertiary/aromatic N) is 1. The van der Waals surface area contributed by atoms with Gasteiger partial charge < -0.3 is 9.84 Å². The Hall–Kier alpha value is -2.31. The average Bonchev–Trinajstić information content (AvgIpc) is 2.47. The van der Waals surface area contributed by atoms with Crippen LogP contribution in [0.1, 0.15) is 40.8 Å². The highest BCUT2D eigenvalue weighted by molar-refractivity contribution is 5.50. The molecule has 0 saturated heterocycles. The van der Waals surface area contributed by atoms with Gasteiger partial charge >= 0.3 is 0 Å². The Bertz CT molecular complexity index is 712. The molecule has 0 saturated carbocycles. The van der Waals surface area contributed by atoms with Gasteiger partial charge in [-0.15, -0.1) is 0 Å². The molecule has 3 heteroatoms. The zero-order valence-corrected chi connectivity index (χ0v) is 12.8. The van der Waals surface area contributed by atoms with Gasteiger partial charge in [-0.2, -0.15) is 5.26 Å². The van der Waals surface area contributed by atoms with E-state index in [1.165, 1.54) is 0 Å². The van der Waals surface area contributed by atoms with E-state index in [4.69, 9.17) is 10.00 Å². The second kappa shape index (κ2) is 5.99. The zero-order chi connectivity index (χ0) is 15.6. The first-order valence-corrected chi connectivity index (χ1v) is 6.90. The fraction of sp³-hybridized carbons (Fsp3) is 0.278. The fourth-order valence-electron chi connectivity index (χ4n) is 2.23. The molecule has 0 aromatic heterocycles. The van der Waals surface area contributed by atoms with Crippen molar-refractivity contribution in [3.8, 4) is 17.6 Å². The maximum atomic E-state index is 9.88. The summed E-state index contributed by atoms with van der Waals surface area (Å²) in [5, 5.41) is 18.9. The predicted molar refractivity (Wildman–Crippen MR) is 82.5 cm³/mol. The number of hydrogen-bond donors (Lipinski definition) is 1. The Labute approximate surface area is 125 Å². The van der Waals surface area contributed by atoms with Crippen molar-refractivity contribution in [3.05, 3.63) is 58.1 Å². The van der Waals surface area contributed by atoms with Crippen molar-refractivity contribution in [2.45, 2.75) is 33.8 Å². The second-order valence-corrected chi connectivity index (χ2v) is 5.30. The van der Waals surface area contributed by atoms with Crippen molar-refractivity contribution in [1.29, 1.82) is 5.26 Å². The fourth-order valence-corrected chi connectivity index (χ4v) is 2.23. The number of aryl methyl sites for hydroxylation is 2. The number of rotatable bonds is 3. The number of benzene rings is 2. The minimum absolute atomic E-state index is 0.511. The third-order valence-corrected chi connectivity index (χ3v) is 3.68. The van der Waals surface area contributed by atoms with Crippen LogP contribution in [0.3, 0.4) is 0 Å². The first-order valence-electron chi connectivity index (χ1n) is 6.90. The van der Waals surface area contributed by atoms with Crippen molar-refractivity contribution in [2.24, 2.45) is 0 Å². The topological polar surface area (TPSA) is 53.2 Å². The Morgan fingerprint density at radius 1 is 1.10 bits per heavy atom. The van der Waals surface area contributed by atoms with E-state index in [9.17, 15) is 5.11 Å². The molecule has 0 amide bonds. The number of hydrogen-bond acceptors (Lipinski definition) is 3. The van der Waals surface area contributed by atoms with Crippen molar-refractivity contribution in [3.63, 3.8) is 0 Å². The summed E-state index contributed by atoms with van der Waals surface area (Å²) in [4.78, 5) is 0. The lowest BCUT2D eigenvalue weighted by atomic mass is 10.0. The minimum Gasteiger partial charge on any atom is -0.456 e. The van der Waals surface area contributed by atoms with E-state index < -0.39 is 6.10 Å². The Morgan fingerprint density at radius 2 is 1.76 bits per heavy atom. The lowest BCUT2D eigenvalue weighted by molar-refractivity contribution is 0.195. The molecular formula is C18H19NO2. The van der Waals surface area contributed by atoms with E-state index in [1.807, 2.05) is 26.8 Å². The number of aliphatic hydroxyl groups excluding tert-OH is 1. The smallest absolute Gasteiger partial charge is 0.134 e. The van der Waals surface area contributed by atoms with Crippen LogP contribution in [0.4, 0.5) is 0 Å². The lowest BCUT2D eigenvalue weighted by Gasteiger charge is -2.17. The van der Waals surface area contributed by atoms with Gasteiger partial charge in [0, 0.05) is 5.56 Å². The van der Waals surface area contributed by atoms with Gasteiger partial charge in [-0.25, -0.2) is 0 Å². The van der Waals surface area contributed by atoms with E-state index in [1.54, 1.807) is 25.1 Å².